The summed E-state index contributed by atoms with van der Waals surface area (Å²) < 4.78 is 0. The number of fused-ring (bicyclic) bond motifs is 2. The molecule has 106 valence electrons. The molecule has 21 heavy (non-hydrogen) atoms. The first-order valence-corrected chi connectivity index (χ1v) is 7.93. The van der Waals surface area contributed by atoms with E-state index in [2.05, 4.69) is 28.6 Å². The van der Waals surface area contributed by atoms with Gasteiger partial charge in [0.15, 0.2) is 0 Å². The fourth-order valence-electron chi connectivity index (χ4n) is 3.10. The second kappa shape index (κ2) is 4.70. The summed E-state index contributed by atoms with van der Waals surface area (Å²) in [6, 6.07) is 8.00. The van der Waals surface area contributed by atoms with Crippen LogP contribution >= 0.6 is 11.3 Å². The van der Waals surface area contributed by atoms with E-state index in [0.717, 1.165) is 29.4 Å². The Labute approximate surface area is 126 Å². The highest BCUT2D eigenvalue weighted by Crippen LogP contribution is 2.34. The standard InChI is InChI=1S/C16H15N3OS/c1-10-11-6-8-21-15(11)5-7-19(10)16(20)12-3-2-4-14-13(12)9-17-18-14/h2-4,6,8-10H,5,7H2,1H3,(H,17,18)/t10-/m0/s1. The van der Waals surface area contributed by atoms with E-state index in [0.29, 0.717) is 0 Å². The Balaban J connectivity index is 1.74. The van der Waals surface area contributed by atoms with Crippen LogP contribution in [0, 0.1) is 0 Å². The van der Waals surface area contributed by atoms with E-state index in [9.17, 15) is 4.79 Å². The first-order chi connectivity index (χ1) is 10.3. The Bertz CT molecular complexity index is 820. The molecule has 1 amide bonds. The molecule has 0 saturated carbocycles. The number of thiophene rings is 1. The molecular weight excluding hydrogens is 282 g/mol. The predicted molar refractivity (Wildman–Crippen MR) is 83.6 cm³/mol. The lowest BCUT2D eigenvalue weighted by molar-refractivity contribution is 0.0681. The van der Waals surface area contributed by atoms with Crippen molar-refractivity contribution in [2.75, 3.05) is 6.54 Å². The second-order valence-corrected chi connectivity index (χ2v) is 6.36. The van der Waals surface area contributed by atoms with Crippen molar-refractivity contribution < 1.29 is 4.79 Å². The summed E-state index contributed by atoms with van der Waals surface area (Å²) >= 11 is 1.79. The van der Waals surface area contributed by atoms with Crippen LogP contribution in [0.4, 0.5) is 0 Å². The fraction of sp³-hybridized carbons (Fsp3) is 0.250. The largest absolute Gasteiger partial charge is 0.331 e. The molecule has 3 aromatic rings. The zero-order valence-corrected chi connectivity index (χ0v) is 12.5. The van der Waals surface area contributed by atoms with Crippen molar-refractivity contribution in [2.45, 2.75) is 19.4 Å². The Kier molecular flexibility index (Phi) is 2.82. The summed E-state index contributed by atoms with van der Waals surface area (Å²) in [7, 11) is 0. The number of hydrogen-bond acceptors (Lipinski definition) is 3. The van der Waals surface area contributed by atoms with Crippen LogP contribution < -0.4 is 0 Å². The van der Waals surface area contributed by atoms with Crippen molar-refractivity contribution >= 4 is 28.1 Å². The van der Waals surface area contributed by atoms with Gasteiger partial charge in [-0.2, -0.15) is 5.10 Å². The number of benzene rings is 1. The molecule has 5 heteroatoms. The minimum atomic E-state index is 0.0892. The van der Waals surface area contributed by atoms with Crippen molar-refractivity contribution in [1.82, 2.24) is 15.1 Å². The molecule has 0 bridgehead atoms. The summed E-state index contributed by atoms with van der Waals surface area (Å²) in [5, 5.41) is 9.97. The highest BCUT2D eigenvalue weighted by atomic mass is 32.1. The molecule has 0 fully saturated rings. The van der Waals surface area contributed by atoms with E-state index >= 15 is 0 Å². The third-order valence-corrected chi connectivity index (χ3v) is 5.25. The van der Waals surface area contributed by atoms with Crippen molar-refractivity contribution in [2.24, 2.45) is 0 Å². The van der Waals surface area contributed by atoms with Gasteiger partial charge in [0.1, 0.15) is 0 Å². The summed E-state index contributed by atoms with van der Waals surface area (Å²) in [4.78, 5) is 16.3. The number of rotatable bonds is 1. The Morgan fingerprint density at radius 2 is 2.33 bits per heavy atom. The normalized spacial score (nSPS) is 18.0. The van der Waals surface area contributed by atoms with Crippen LogP contribution in [-0.2, 0) is 6.42 Å². The zero-order chi connectivity index (χ0) is 14.4. The van der Waals surface area contributed by atoms with Gasteiger partial charge in [-0.15, -0.1) is 11.3 Å². The minimum absolute atomic E-state index is 0.0892. The topological polar surface area (TPSA) is 49.0 Å². The van der Waals surface area contributed by atoms with Gasteiger partial charge in [-0.1, -0.05) is 6.07 Å². The molecule has 0 radical (unpaired) electrons. The van der Waals surface area contributed by atoms with Crippen LogP contribution in [0.15, 0.2) is 35.8 Å². The molecule has 4 nitrogen and oxygen atoms in total. The monoisotopic (exact) mass is 297 g/mol. The van der Waals surface area contributed by atoms with Gasteiger partial charge in [0.05, 0.1) is 23.3 Å². The average molecular weight is 297 g/mol. The summed E-state index contributed by atoms with van der Waals surface area (Å²) in [6.45, 7) is 2.89. The number of carbonyl (C=O) groups is 1. The van der Waals surface area contributed by atoms with Gasteiger partial charge < -0.3 is 4.90 Å². The Morgan fingerprint density at radius 1 is 1.43 bits per heavy atom. The summed E-state index contributed by atoms with van der Waals surface area (Å²) in [5.74, 6) is 0.0892. The molecule has 1 atom stereocenters. The highest BCUT2D eigenvalue weighted by molar-refractivity contribution is 7.10. The number of aromatic nitrogens is 2. The van der Waals surface area contributed by atoms with E-state index in [1.54, 1.807) is 17.5 Å². The van der Waals surface area contributed by atoms with Crippen molar-refractivity contribution in [1.29, 1.82) is 0 Å². The summed E-state index contributed by atoms with van der Waals surface area (Å²) in [5.41, 5.74) is 2.92. The van der Waals surface area contributed by atoms with Crippen LogP contribution in [0.3, 0.4) is 0 Å². The fourth-order valence-corrected chi connectivity index (χ4v) is 4.06. The number of carbonyl (C=O) groups excluding carboxylic acids is 1. The molecule has 1 N–H and O–H groups in total. The van der Waals surface area contributed by atoms with E-state index in [-0.39, 0.29) is 11.9 Å². The Morgan fingerprint density at radius 3 is 3.24 bits per heavy atom. The minimum Gasteiger partial charge on any atom is -0.331 e. The number of aromatic amines is 1. The molecule has 0 saturated heterocycles. The number of nitrogens with one attached hydrogen (secondary N) is 1. The van der Waals surface area contributed by atoms with Gasteiger partial charge in [-0.05, 0) is 42.5 Å². The van der Waals surface area contributed by atoms with Gasteiger partial charge in [0, 0.05) is 16.8 Å². The third kappa shape index (κ3) is 1.88. The highest BCUT2D eigenvalue weighted by Gasteiger charge is 2.29. The summed E-state index contributed by atoms with van der Waals surface area (Å²) in [6.07, 6.45) is 2.68. The zero-order valence-electron chi connectivity index (χ0n) is 11.7. The van der Waals surface area contributed by atoms with Crippen LogP contribution in [-0.4, -0.2) is 27.5 Å². The third-order valence-electron chi connectivity index (χ3n) is 4.25. The molecule has 0 unspecified atom stereocenters. The maximum absolute atomic E-state index is 12.9. The molecule has 1 aliphatic heterocycles. The molecule has 0 aliphatic carbocycles. The number of hydrogen-bond donors (Lipinski definition) is 1. The molecule has 1 aromatic carbocycles. The van der Waals surface area contributed by atoms with Gasteiger partial charge in [-0.25, -0.2) is 0 Å². The number of nitrogens with zero attached hydrogens (tertiary/aromatic N) is 2. The molecule has 1 aliphatic rings. The molecule has 4 rings (SSSR count). The molecule has 3 heterocycles. The van der Waals surface area contributed by atoms with Gasteiger partial charge in [0.25, 0.3) is 5.91 Å². The van der Waals surface area contributed by atoms with Gasteiger partial charge >= 0.3 is 0 Å². The van der Waals surface area contributed by atoms with Crippen molar-refractivity contribution in [3.05, 3.63) is 51.8 Å². The Hall–Kier alpha value is -2.14. The van der Waals surface area contributed by atoms with Crippen LogP contribution in [0.1, 0.15) is 33.8 Å². The van der Waals surface area contributed by atoms with Crippen LogP contribution in [0.25, 0.3) is 10.9 Å². The first kappa shape index (κ1) is 12.6. The smallest absolute Gasteiger partial charge is 0.255 e. The first-order valence-electron chi connectivity index (χ1n) is 7.05. The van der Waals surface area contributed by atoms with Crippen LogP contribution in [0.5, 0.6) is 0 Å². The number of amides is 1. The molecule has 2 aromatic heterocycles. The van der Waals surface area contributed by atoms with E-state index in [1.165, 1.54) is 10.4 Å². The predicted octanol–water partition coefficient (Wildman–Crippen LogP) is 3.38. The van der Waals surface area contributed by atoms with Crippen molar-refractivity contribution in [3.8, 4) is 0 Å². The van der Waals surface area contributed by atoms with E-state index in [1.807, 2.05) is 23.1 Å². The SMILES string of the molecule is C[C@H]1c2ccsc2CCN1C(=O)c1cccc2[nH]ncc12. The van der Waals surface area contributed by atoms with Gasteiger partial charge in [-0.3, -0.25) is 9.89 Å². The average Bonchev–Trinajstić information content (AvgIpc) is 3.15. The van der Waals surface area contributed by atoms with E-state index < -0.39 is 0 Å². The number of H-pyrrole nitrogens is 1. The van der Waals surface area contributed by atoms with Crippen LogP contribution in [0.2, 0.25) is 0 Å². The van der Waals surface area contributed by atoms with Crippen molar-refractivity contribution in [3.63, 3.8) is 0 Å². The lowest BCUT2D eigenvalue weighted by Crippen LogP contribution is -2.38. The molecule has 0 spiro atoms. The quantitative estimate of drug-likeness (QED) is 0.748. The van der Waals surface area contributed by atoms with E-state index in [4.69, 9.17) is 0 Å². The second-order valence-electron chi connectivity index (χ2n) is 5.36. The molecular formula is C16H15N3OS. The lowest BCUT2D eigenvalue weighted by atomic mass is 9.99. The van der Waals surface area contributed by atoms with Gasteiger partial charge in [0.2, 0.25) is 0 Å². The lowest BCUT2D eigenvalue weighted by Gasteiger charge is -2.33. The maximum atomic E-state index is 12.9. The maximum Gasteiger partial charge on any atom is 0.255 e.